The maximum atomic E-state index is 13.7. The van der Waals surface area contributed by atoms with Crippen LogP contribution in [0.1, 0.15) is 16.2 Å². The molecule has 8 nitrogen and oxygen atoms in total. The lowest BCUT2D eigenvalue weighted by atomic mass is 10.2. The molecular weight excluding hydrogens is 499 g/mol. The number of carbonyl (C=O) groups is 2. The first kappa shape index (κ1) is 23.9. The van der Waals surface area contributed by atoms with E-state index in [9.17, 15) is 14.0 Å². The van der Waals surface area contributed by atoms with Gasteiger partial charge in [-0.25, -0.2) is 9.37 Å². The highest BCUT2D eigenvalue weighted by Gasteiger charge is 2.15. The highest BCUT2D eigenvalue weighted by atomic mass is 35.5. The Morgan fingerprint density at radius 2 is 1.91 bits per heavy atom. The smallest absolute Gasteiger partial charge is 0.254 e. The van der Waals surface area contributed by atoms with E-state index in [0.29, 0.717) is 21.1 Å². The van der Waals surface area contributed by atoms with Gasteiger partial charge >= 0.3 is 0 Å². The average molecular weight is 517 g/mol. The number of rotatable bonds is 8. The van der Waals surface area contributed by atoms with Crippen LogP contribution in [0.15, 0.2) is 59.1 Å². The van der Waals surface area contributed by atoms with Gasteiger partial charge in [0, 0.05) is 23.0 Å². The predicted octanol–water partition coefficient (Wildman–Crippen LogP) is 4.39. The Morgan fingerprint density at radius 1 is 1.15 bits per heavy atom. The second-order valence-corrected chi connectivity index (χ2v) is 9.24. The molecule has 34 heavy (non-hydrogen) atoms. The molecule has 0 saturated carbocycles. The predicted molar refractivity (Wildman–Crippen MR) is 130 cm³/mol. The van der Waals surface area contributed by atoms with Gasteiger partial charge in [-0.2, -0.15) is 0 Å². The third kappa shape index (κ3) is 5.79. The van der Waals surface area contributed by atoms with Crippen LogP contribution in [-0.2, 0) is 18.4 Å². The summed E-state index contributed by atoms with van der Waals surface area (Å²) in [6.45, 7) is 0.0655. The maximum Gasteiger partial charge on any atom is 0.254 e. The molecule has 4 aromatic rings. The molecule has 0 spiro atoms. The Hall–Kier alpha value is -3.28. The molecule has 2 N–H and O–H groups in total. The topological polar surface area (TPSA) is 102 Å². The van der Waals surface area contributed by atoms with Crippen molar-refractivity contribution >= 4 is 51.6 Å². The van der Waals surface area contributed by atoms with Crippen molar-refractivity contribution in [3.05, 3.63) is 76.1 Å². The number of benzene rings is 2. The minimum absolute atomic E-state index is 0.0441. The molecule has 0 aliphatic rings. The number of thiazole rings is 1. The number of hydrogen-bond donors (Lipinski definition) is 2. The van der Waals surface area contributed by atoms with Gasteiger partial charge < -0.3 is 15.2 Å². The molecule has 0 bridgehead atoms. The molecule has 0 radical (unpaired) electrons. The Kier molecular flexibility index (Phi) is 7.56. The monoisotopic (exact) mass is 516 g/mol. The van der Waals surface area contributed by atoms with E-state index in [1.807, 2.05) is 17.5 Å². The van der Waals surface area contributed by atoms with E-state index in [2.05, 4.69) is 25.8 Å². The zero-order valence-corrected chi connectivity index (χ0v) is 20.2. The molecule has 0 fully saturated rings. The van der Waals surface area contributed by atoms with Crippen molar-refractivity contribution in [2.75, 3.05) is 11.1 Å². The fraction of sp³-hybridized carbons (Fsp3) is 0.136. The van der Waals surface area contributed by atoms with E-state index in [0.717, 1.165) is 11.3 Å². The molecule has 2 aromatic heterocycles. The van der Waals surface area contributed by atoms with Crippen LogP contribution in [0, 0.1) is 5.82 Å². The molecule has 2 amide bonds. The number of nitrogens with zero attached hydrogens (tertiary/aromatic N) is 4. The van der Waals surface area contributed by atoms with Crippen LogP contribution in [0.2, 0.25) is 5.02 Å². The van der Waals surface area contributed by atoms with Crippen molar-refractivity contribution in [3.8, 4) is 11.3 Å². The number of nitrogens with one attached hydrogen (secondary N) is 2. The summed E-state index contributed by atoms with van der Waals surface area (Å²) in [5, 5.41) is 17.0. The largest absolute Gasteiger partial charge is 0.345 e. The average Bonchev–Trinajstić information content (AvgIpc) is 3.43. The van der Waals surface area contributed by atoms with Crippen LogP contribution in [0.25, 0.3) is 11.3 Å². The zero-order valence-electron chi connectivity index (χ0n) is 17.8. The SMILES string of the molecule is Cn1c(CNC(=O)c2ccccc2F)nnc1SCC(=O)Nc1nc(-c2ccc(Cl)cc2)cs1. The highest BCUT2D eigenvalue weighted by Crippen LogP contribution is 2.26. The number of hydrogen-bond acceptors (Lipinski definition) is 7. The lowest BCUT2D eigenvalue weighted by molar-refractivity contribution is -0.113. The number of halogens is 2. The minimum atomic E-state index is -0.597. The Bertz CT molecular complexity index is 1330. The van der Waals surface area contributed by atoms with Gasteiger partial charge in [-0.1, -0.05) is 47.6 Å². The van der Waals surface area contributed by atoms with Crippen molar-refractivity contribution in [1.82, 2.24) is 25.1 Å². The summed E-state index contributed by atoms with van der Waals surface area (Å²) in [5.41, 5.74) is 1.61. The van der Waals surface area contributed by atoms with Crippen LogP contribution < -0.4 is 10.6 Å². The fourth-order valence-electron chi connectivity index (χ4n) is 2.89. The summed E-state index contributed by atoms with van der Waals surface area (Å²) in [5.74, 6) is -0.806. The lowest BCUT2D eigenvalue weighted by Crippen LogP contribution is -2.25. The number of thioether (sulfide) groups is 1. The first-order chi connectivity index (χ1) is 16.4. The summed E-state index contributed by atoms with van der Waals surface area (Å²) >= 11 is 8.44. The van der Waals surface area contributed by atoms with Gasteiger partial charge in [0.15, 0.2) is 16.1 Å². The lowest BCUT2D eigenvalue weighted by Gasteiger charge is -2.06. The summed E-state index contributed by atoms with van der Waals surface area (Å²) in [6, 6.07) is 13.0. The maximum absolute atomic E-state index is 13.7. The minimum Gasteiger partial charge on any atom is -0.345 e. The van der Waals surface area contributed by atoms with Crippen LogP contribution >= 0.6 is 34.7 Å². The van der Waals surface area contributed by atoms with Crippen LogP contribution in [0.3, 0.4) is 0 Å². The van der Waals surface area contributed by atoms with E-state index < -0.39 is 11.7 Å². The molecule has 0 unspecified atom stereocenters. The molecule has 12 heteroatoms. The van der Waals surface area contributed by atoms with Crippen LogP contribution in [0.4, 0.5) is 9.52 Å². The molecular formula is C22H18ClFN6O2S2. The van der Waals surface area contributed by atoms with Crippen molar-refractivity contribution < 1.29 is 14.0 Å². The summed E-state index contributed by atoms with van der Waals surface area (Å²) in [6.07, 6.45) is 0. The van der Waals surface area contributed by atoms with Gasteiger partial charge in [0.25, 0.3) is 5.91 Å². The van der Waals surface area contributed by atoms with Crippen LogP contribution in [0.5, 0.6) is 0 Å². The fourth-order valence-corrected chi connectivity index (χ4v) is 4.49. The summed E-state index contributed by atoms with van der Waals surface area (Å²) in [4.78, 5) is 29.0. The molecule has 0 aliphatic carbocycles. The summed E-state index contributed by atoms with van der Waals surface area (Å²) < 4.78 is 15.4. The second-order valence-electron chi connectivity index (χ2n) is 7.00. The van der Waals surface area contributed by atoms with Gasteiger partial charge in [0.05, 0.1) is 23.6 Å². The van der Waals surface area contributed by atoms with Crippen molar-refractivity contribution in [3.63, 3.8) is 0 Å². The Labute approximate surface area is 207 Å². The van der Waals surface area contributed by atoms with E-state index in [-0.39, 0.29) is 23.8 Å². The summed E-state index contributed by atoms with van der Waals surface area (Å²) in [7, 11) is 1.73. The Balaban J connectivity index is 1.29. The quantitative estimate of drug-likeness (QED) is 0.337. The van der Waals surface area contributed by atoms with E-state index in [1.54, 1.807) is 29.8 Å². The molecule has 174 valence electrons. The first-order valence-electron chi connectivity index (χ1n) is 9.96. The third-order valence-electron chi connectivity index (χ3n) is 4.67. The van der Waals surface area contributed by atoms with Crippen LogP contribution in [-0.4, -0.2) is 37.3 Å². The highest BCUT2D eigenvalue weighted by molar-refractivity contribution is 7.99. The number of carbonyl (C=O) groups excluding carboxylic acids is 2. The van der Waals surface area contributed by atoms with Crippen molar-refractivity contribution in [2.45, 2.75) is 11.7 Å². The number of amides is 2. The van der Waals surface area contributed by atoms with Gasteiger partial charge in [0.1, 0.15) is 5.82 Å². The second kappa shape index (κ2) is 10.8. The van der Waals surface area contributed by atoms with Gasteiger partial charge in [-0.3, -0.25) is 9.59 Å². The zero-order chi connectivity index (χ0) is 24.1. The molecule has 0 atom stereocenters. The Morgan fingerprint density at radius 3 is 2.68 bits per heavy atom. The molecule has 4 rings (SSSR count). The van der Waals surface area contributed by atoms with E-state index >= 15 is 0 Å². The van der Waals surface area contributed by atoms with E-state index in [4.69, 9.17) is 11.6 Å². The molecule has 0 saturated heterocycles. The van der Waals surface area contributed by atoms with E-state index in [1.165, 1.54) is 41.3 Å². The number of anilines is 1. The number of aromatic nitrogens is 4. The van der Waals surface area contributed by atoms with Gasteiger partial charge in [-0.05, 0) is 24.3 Å². The normalized spacial score (nSPS) is 10.8. The molecule has 0 aliphatic heterocycles. The van der Waals surface area contributed by atoms with Crippen molar-refractivity contribution in [2.24, 2.45) is 7.05 Å². The van der Waals surface area contributed by atoms with Gasteiger partial charge in [-0.15, -0.1) is 21.5 Å². The van der Waals surface area contributed by atoms with Gasteiger partial charge in [0.2, 0.25) is 5.91 Å². The first-order valence-corrected chi connectivity index (χ1v) is 12.2. The van der Waals surface area contributed by atoms with Crippen molar-refractivity contribution in [1.29, 1.82) is 0 Å². The third-order valence-corrected chi connectivity index (χ3v) is 6.70. The molecule has 2 aromatic carbocycles. The standard InChI is InChI=1S/C22H18ClFN6O2S2/c1-30-18(10-25-20(32)15-4-2-3-5-16(15)24)28-29-22(30)34-12-19(31)27-21-26-17(11-33-21)13-6-8-14(23)9-7-13/h2-9,11H,10,12H2,1H3,(H,25,32)(H,26,27,31). The molecule has 2 heterocycles.